The maximum Gasteiger partial charge on any atom is 0.0500 e. The van der Waals surface area contributed by atoms with Crippen molar-refractivity contribution < 1.29 is 4.74 Å². The molecule has 2 aromatic carbocycles. The fourth-order valence-electron chi connectivity index (χ4n) is 2.37. The molecule has 0 saturated carbocycles. The van der Waals surface area contributed by atoms with Crippen LogP contribution in [0.25, 0.3) is 0 Å². The van der Waals surface area contributed by atoms with Gasteiger partial charge < -0.3 is 4.74 Å². The molecule has 0 unspecified atom stereocenters. The molecule has 0 spiro atoms. The summed E-state index contributed by atoms with van der Waals surface area (Å²) < 4.78 is 5.60. The van der Waals surface area contributed by atoms with Gasteiger partial charge in [0, 0.05) is 13.2 Å². The Morgan fingerprint density at radius 2 is 1.41 bits per heavy atom. The normalized spacial score (nSPS) is 10.8. The van der Waals surface area contributed by atoms with E-state index in [0.29, 0.717) is 0 Å². The lowest BCUT2D eigenvalue weighted by Gasteiger charge is -2.18. The quantitative estimate of drug-likeness (QED) is 0.357. The summed E-state index contributed by atoms with van der Waals surface area (Å²) in [7, 11) is -0.250. The molecule has 22 heavy (non-hydrogen) atoms. The van der Waals surface area contributed by atoms with E-state index in [0.717, 1.165) is 26.1 Å². The molecule has 2 aromatic rings. The molecule has 0 bridgehead atoms. The second kappa shape index (κ2) is 10.3. The van der Waals surface area contributed by atoms with Crippen molar-refractivity contribution in [1.29, 1.82) is 0 Å². The fourth-order valence-corrected chi connectivity index (χ4v) is 4.78. The van der Waals surface area contributed by atoms with Crippen LogP contribution in [-0.4, -0.2) is 19.4 Å². The molecule has 0 atom stereocenters. The topological polar surface area (TPSA) is 9.23 Å². The standard InChI is InChI=1S/C20H25OP/c1-2-3-16-21-17-10-11-18-22(19-12-6-4-7-13-19)20-14-8-5-9-15-20/h2,4-9,12-15H,1,3,10-11,16-18H2. The van der Waals surface area contributed by atoms with Crippen LogP contribution in [0, 0.1) is 0 Å². The molecule has 0 amide bonds. The Balaban J connectivity index is 1.88. The maximum atomic E-state index is 5.60. The van der Waals surface area contributed by atoms with Crippen molar-refractivity contribution in [1.82, 2.24) is 0 Å². The van der Waals surface area contributed by atoms with Crippen molar-refractivity contribution in [3.63, 3.8) is 0 Å². The molecule has 0 radical (unpaired) electrons. The summed E-state index contributed by atoms with van der Waals surface area (Å²) in [6, 6.07) is 21.8. The average molecular weight is 312 g/mol. The first-order valence-electron chi connectivity index (χ1n) is 7.98. The van der Waals surface area contributed by atoms with E-state index in [-0.39, 0.29) is 7.92 Å². The van der Waals surface area contributed by atoms with Gasteiger partial charge in [0.25, 0.3) is 0 Å². The van der Waals surface area contributed by atoms with Gasteiger partial charge in [-0.25, -0.2) is 0 Å². The number of hydrogen-bond donors (Lipinski definition) is 0. The smallest absolute Gasteiger partial charge is 0.0500 e. The van der Waals surface area contributed by atoms with Gasteiger partial charge >= 0.3 is 0 Å². The SMILES string of the molecule is C=CCCOCCCCP(c1ccccc1)c1ccccc1. The predicted octanol–water partition coefficient (Wildman–Crippen LogP) is 4.49. The molecular weight excluding hydrogens is 287 g/mol. The molecule has 0 heterocycles. The van der Waals surface area contributed by atoms with Gasteiger partial charge in [0.05, 0.1) is 0 Å². The molecule has 0 aromatic heterocycles. The van der Waals surface area contributed by atoms with Gasteiger partial charge in [0.1, 0.15) is 0 Å². The zero-order chi connectivity index (χ0) is 15.5. The summed E-state index contributed by atoms with van der Waals surface area (Å²) in [5, 5.41) is 2.94. The van der Waals surface area contributed by atoms with Gasteiger partial charge in [-0.05, 0) is 44.0 Å². The number of rotatable bonds is 10. The third kappa shape index (κ3) is 5.75. The van der Waals surface area contributed by atoms with Crippen LogP contribution in [0.3, 0.4) is 0 Å². The van der Waals surface area contributed by atoms with Crippen molar-refractivity contribution >= 4 is 18.5 Å². The Bertz CT molecular complexity index is 484. The molecule has 2 rings (SSSR count). The third-order valence-electron chi connectivity index (χ3n) is 3.52. The summed E-state index contributed by atoms with van der Waals surface area (Å²) in [6.07, 6.45) is 6.43. The second-order valence-electron chi connectivity index (χ2n) is 5.22. The second-order valence-corrected chi connectivity index (χ2v) is 7.56. The minimum atomic E-state index is -0.250. The minimum Gasteiger partial charge on any atom is -0.381 e. The summed E-state index contributed by atoms with van der Waals surface area (Å²) in [5.74, 6) is 0. The van der Waals surface area contributed by atoms with Gasteiger partial charge in [-0.1, -0.05) is 66.7 Å². The van der Waals surface area contributed by atoms with E-state index in [1.807, 2.05) is 6.08 Å². The summed E-state index contributed by atoms with van der Waals surface area (Å²) in [4.78, 5) is 0. The summed E-state index contributed by atoms with van der Waals surface area (Å²) >= 11 is 0. The molecule has 0 aliphatic heterocycles. The van der Waals surface area contributed by atoms with Crippen LogP contribution in [0.15, 0.2) is 73.3 Å². The Morgan fingerprint density at radius 1 is 0.818 bits per heavy atom. The first kappa shape index (κ1) is 16.9. The van der Waals surface area contributed by atoms with Crippen LogP contribution >= 0.6 is 7.92 Å². The molecular formula is C20H25OP. The van der Waals surface area contributed by atoms with E-state index in [2.05, 4.69) is 67.2 Å². The number of hydrogen-bond acceptors (Lipinski definition) is 1. The average Bonchev–Trinajstić information content (AvgIpc) is 2.59. The van der Waals surface area contributed by atoms with Gasteiger partial charge in [-0.15, -0.1) is 6.58 Å². The van der Waals surface area contributed by atoms with Gasteiger partial charge in [0.15, 0.2) is 0 Å². The highest BCUT2D eigenvalue weighted by Gasteiger charge is 2.12. The summed E-state index contributed by atoms with van der Waals surface area (Å²) in [5.41, 5.74) is 0. The predicted molar refractivity (Wildman–Crippen MR) is 98.8 cm³/mol. The van der Waals surface area contributed by atoms with E-state index in [9.17, 15) is 0 Å². The van der Waals surface area contributed by atoms with E-state index in [4.69, 9.17) is 4.74 Å². The highest BCUT2D eigenvalue weighted by molar-refractivity contribution is 7.73. The van der Waals surface area contributed by atoms with Crippen molar-refractivity contribution in [2.75, 3.05) is 19.4 Å². The van der Waals surface area contributed by atoms with E-state index in [1.165, 1.54) is 23.2 Å². The molecule has 0 saturated heterocycles. The summed E-state index contributed by atoms with van der Waals surface area (Å²) in [6.45, 7) is 5.37. The Hall–Kier alpha value is -1.43. The van der Waals surface area contributed by atoms with Crippen molar-refractivity contribution in [3.05, 3.63) is 73.3 Å². The van der Waals surface area contributed by atoms with Crippen LogP contribution in [0.2, 0.25) is 0 Å². The lowest BCUT2D eigenvalue weighted by Crippen LogP contribution is -2.14. The van der Waals surface area contributed by atoms with E-state index >= 15 is 0 Å². The lowest BCUT2D eigenvalue weighted by molar-refractivity contribution is 0.136. The lowest BCUT2D eigenvalue weighted by atomic mass is 10.3. The van der Waals surface area contributed by atoms with Gasteiger partial charge in [-0.3, -0.25) is 0 Å². The Morgan fingerprint density at radius 3 is 1.95 bits per heavy atom. The monoisotopic (exact) mass is 312 g/mol. The molecule has 116 valence electrons. The minimum absolute atomic E-state index is 0.250. The number of benzene rings is 2. The maximum absolute atomic E-state index is 5.60. The van der Waals surface area contributed by atoms with Crippen LogP contribution in [0.4, 0.5) is 0 Å². The first-order valence-corrected chi connectivity index (χ1v) is 9.51. The molecule has 1 nitrogen and oxygen atoms in total. The largest absolute Gasteiger partial charge is 0.381 e. The Labute approximate surface area is 135 Å². The molecule has 0 aliphatic rings. The highest BCUT2D eigenvalue weighted by atomic mass is 31.1. The number of ether oxygens (including phenoxy) is 1. The van der Waals surface area contributed by atoms with Crippen LogP contribution < -0.4 is 10.6 Å². The zero-order valence-corrected chi connectivity index (χ0v) is 14.1. The molecule has 0 aliphatic carbocycles. The molecule has 0 N–H and O–H groups in total. The number of unbranched alkanes of at least 4 members (excludes halogenated alkanes) is 1. The third-order valence-corrected chi connectivity index (χ3v) is 6.13. The van der Waals surface area contributed by atoms with Gasteiger partial charge in [0.2, 0.25) is 0 Å². The van der Waals surface area contributed by atoms with E-state index in [1.54, 1.807) is 0 Å². The van der Waals surface area contributed by atoms with Crippen LogP contribution in [0.1, 0.15) is 19.3 Å². The Kier molecular flexibility index (Phi) is 7.94. The van der Waals surface area contributed by atoms with E-state index < -0.39 is 0 Å². The first-order chi connectivity index (χ1) is 10.9. The fraction of sp³-hybridized carbons (Fsp3) is 0.300. The van der Waals surface area contributed by atoms with Crippen molar-refractivity contribution in [2.24, 2.45) is 0 Å². The van der Waals surface area contributed by atoms with Crippen molar-refractivity contribution in [2.45, 2.75) is 19.3 Å². The van der Waals surface area contributed by atoms with Crippen LogP contribution in [0.5, 0.6) is 0 Å². The molecule has 2 heteroatoms. The highest BCUT2D eigenvalue weighted by Crippen LogP contribution is 2.34. The zero-order valence-electron chi connectivity index (χ0n) is 13.2. The van der Waals surface area contributed by atoms with Gasteiger partial charge in [-0.2, -0.15) is 0 Å². The van der Waals surface area contributed by atoms with Crippen molar-refractivity contribution in [3.8, 4) is 0 Å². The molecule has 0 fully saturated rings. The van der Waals surface area contributed by atoms with Crippen LogP contribution in [-0.2, 0) is 4.74 Å².